The van der Waals surface area contributed by atoms with Gasteiger partial charge in [0.05, 0.1) is 21.4 Å². The third kappa shape index (κ3) is 2.16. The van der Waals surface area contributed by atoms with E-state index in [1.165, 1.54) is 23.1 Å². The van der Waals surface area contributed by atoms with Crippen molar-refractivity contribution in [2.75, 3.05) is 0 Å². The second-order valence-corrected chi connectivity index (χ2v) is 4.64. The minimum Gasteiger partial charge on any atom is -0.254 e. The third-order valence-electron chi connectivity index (χ3n) is 2.15. The zero-order valence-corrected chi connectivity index (χ0v) is 9.45. The van der Waals surface area contributed by atoms with Gasteiger partial charge in [0, 0.05) is 7.05 Å². The Morgan fingerprint density at radius 3 is 2.81 bits per heavy atom. The number of aryl methyl sites for hydroxylation is 1. The van der Waals surface area contributed by atoms with Crippen LogP contribution in [0.3, 0.4) is 0 Å². The molecule has 1 unspecified atom stereocenters. The third-order valence-corrected chi connectivity index (χ3v) is 3.49. The summed E-state index contributed by atoms with van der Waals surface area (Å²) in [4.78, 5) is 4.15. The van der Waals surface area contributed by atoms with Crippen LogP contribution in [0.15, 0.2) is 35.5 Å². The zero-order chi connectivity index (χ0) is 11.5. The fourth-order valence-electron chi connectivity index (χ4n) is 1.28. The van der Waals surface area contributed by atoms with E-state index in [4.69, 9.17) is 0 Å². The van der Waals surface area contributed by atoms with E-state index in [1.54, 1.807) is 19.2 Å². The first kappa shape index (κ1) is 10.9. The summed E-state index contributed by atoms with van der Waals surface area (Å²) < 4.78 is 26.7. The van der Waals surface area contributed by atoms with Crippen molar-refractivity contribution in [1.82, 2.24) is 14.8 Å². The molecule has 1 aromatic carbocycles. The van der Waals surface area contributed by atoms with E-state index in [1.807, 2.05) is 0 Å². The molecule has 4 nitrogen and oxygen atoms in total. The number of aromatic nitrogens is 3. The monoisotopic (exact) mass is 239 g/mol. The lowest BCUT2D eigenvalue weighted by Gasteiger charge is -2.02. The molecule has 0 bridgehead atoms. The number of hydrogen-bond donors (Lipinski definition) is 0. The molecule has 0 aliphatic carbocycles. The van der Waals surface area contributed by atoms with Crippen molar-refractivity contribution < 1.29 is 8.60 Å². The smallest absolute Gasteiger partial charge is 0.139 e. The van der Waals surface area contributed by atoms with E-state index in [0.29, 0.717) is 5.82 Å². The van der Waals surface area contributed by atoms with Crippen molar-refractivity contribution in [3.63, 3.8) is 0 Å². The van der Waals surface area contributed by atoms with Gasteiger partial charge in [-0.25, -0.2) is 9.37 Å². The molecule has 0 amide bonds. The average molecular weight is 239 g/mol. The number of benzene rings is 1. The quantitative estimate of drug-likeness (QED) is 0.810. The Balaban J connectivity index is 2.22. The van der Waals surface area contributed by atoms with Gasteiger partial charge < -0.3 is 0 Å². The van der Waals surface area contributed by atoms with Gasteiger partial charge in [-0.15, -0.1) is 0 Å². The molecular formula is C10H10FN3OS. The Bertz CT molecular complexity index is 526. The summed E-state index contributed by atoms with van der Waals surface area (Å²) in [6.45, 7) is 0. The molecule has 1 heterocycles. The van der Waals surface area contributed by atoms with Crippen molar-refractivity contribution >= 4 is 10.8 Å². The van der Waals surface area contributed by atoms with Crippen LogP contribution in [-0.2, 0) is 23.6 Å². The Labute approximate surface area is 94.6 Å². The summed E-state index contributed by atoms with van der Waals surface area (Å²) in [5.74, 6) is 0.279. The van der Waals surface area contributed by atoms with Crippen LogP contribution in [0.2, 0.25) is 0 Å². The van der Waals surface area contributed by atoms with Gasteiger partial charge in [0.1, 0.15) is 18.0 Å². The highest BCUT2D eigenvalue weighted by Crippen LogP contribution is 2.14. The van der Waals surface area contributed by atoms with E-state index in [0.717, 1.165) is 0 Å². The predicted molar refractivity (Wildman–Crippen MR) is 57.5 cm³/mol. The highest BCUT2D eigenvalue weighted by atomic mass is 32.2. The molecule has 1 aromatic heterocycles. The molecule has 6 heteroatoms. The maximum atomic E-state index is 13.3. The van der Waals surface area contributed by atoms with E-state index >= 15 is 0 Å². The van der Waals surface area contributed by atoms with Crippen LogP contribution in [0.1, 0.15) is 5.82 Å². The van der Waals surface area contributed by atoms with E-state index in [9.17, 15) is 8.60 Å². The summed E-state index contributed by atoms with van der Waals surface area (Å²) >= 11 is 0. The van der Waals surface area contributed by atoms with E-state index < -0.39 is 16.6 Å². The molecule has 0 saturated carbocycles. The molecule has 1 atom stereocenters. The van der Waals surface area contributed by atoms with Crippen molar-refractivity contribution in [2.45, 2.75) is 10.6 Å². The first-order valence-corrected chi connectivity index (χ1v) is 5.96. The van der Waals surface area contributed by atoms with Gasteiger partial charge in [0.2, 0.25) is 0 Å². The molecule has 0 aliphatic rings. The van der Waals surface area contributed by atoms with Crippen molar-refractivity contribution in [3.8, 4) is 0 Å². The molecule has 0 fully saturated rings. The fourth-order valence-corrected chi connectivity index (χ4v) is 2.44. The summed E-state index contributed by atoms with van der Waals surface area (Å²) in [5, 5.41) is 3.86. The summed E-state index contributed by atoms with van der Waals surface area (Å²) in [5.41, 5.74) is 0. The van der Waals surface area contributed by atoms with Crippen LogP contribution in [0, 0.1) is 5.82 Å². The van der Waals surface area contributed by atoms with Crippen molar-refractivity contribution in [3.05, 3.63) is 42.2 Å². The number of halogens is 1. The first-order chi connectivity index (χ1) is 7.68. The topological polar surface area (TPSA) is 47.8 Å². The highest BCUT2D eigenvalue weighted by Gasteiger charge is 2.12. The van der Waals surface area contributed by atoms with Crippen LogP contribution < -0.4 is 0 Å². The van der Waals surface area contributed by atoms with Crippen LogP contribution in [-0.4, -0.2) is 19.0 Å². The lowest BCUT2D eigenvalue weighted by atomic mass is 10.3. The molecule has 0 saturated heterocycles. The minimum absolute atomic E-state index is 0.164. The van der Waals surface area contributed by atoms with Crippen LogP contribution in [0.5, 0.6) is 0 Å². The molecule has 2 aromatic rings. The molecule has 2 rings (SSSR count). The normalized spacial score (nSPS) is 12.6. The van der Waals surface area contributed by atoms with Crippen LogP contribution in [0.4, 0.5) is 4.39 Å². The Morgan fingerprint density at radius 2 is 2.19 bits per heavy atom. The molecule has 0 spiro atoms. The van der Waals surface area contributed by atoms with Gasteiger partial charge in [-0.3, -0.25) is 8.89 Å². The SMILES string of the molecule is Cn1ncnc1CS(=O)c1ccccc1F. The van der Waals surface area contributed by atoms with Gasteiger partial charge in [0.25, 0.3) is 0 Å². The molecule has 84 valence electrons. The molecule has 16 heavy (non-hydrogen) atoms. The molecular weight excluding hydrogens is 229 g/mol. The molecule has 0 radical (unpaired) electrons. The van der Waals surface area contributed by atoms with Crippen LogP contribution >= 0.6 is 0 Å². The number of rotatable bonds is 3. The van der Waals surface area contributed by atoms with Gasteiger partial charge in [-0.1, -0.05) is 12.1 Å². The second-order valence-electron chi connectivity index (χ2n) is 3.22. The number of nitrogens with zero attached hydrogens (tertiary/aromatic N) is 3. The lowest BCUT2D eigenvalue weighted by Crippen LogP contribution is -2.05. The van der Waals surface area contributed by atoms with Gasteiger partial charge >= 0.3 is 0 Å². The van der Waals surface area contributed by atoms with Crippen molar-refractivity contribution in [1.29, 1.82) is 0 Å². The Morgan fingerprint density at radius 1 is 1.44 bits per heavy atom. The van der Waals surface area contributed by atoms with E-state index in [2.05, 4.69) is 10.1 Å². The maximum Gasteiger partial charge on any atom is 0.139 e. The Hall–Kier alpha value is -1.56. The van der Waals surface area contributed by atoms with Crippen molar-refractivity contribution in [2.24, 2.45) is 7.05 Å². The summed E-state index contributed by atoms with van der Waals surface area (Å²) in [6, 6.07) is 6.04. The highest BCUT2D eigenvalue weighted by molar-refractivity contribution is 7.84. The van der Waals surface area contributed by atoms with E-state index in [-0.39, 0.29) is 10.6 Å². The molecule has 0 N–H and O–H groups in total. The fraction of sp³-hybridized carbons (Fsp3) is 0.200. The lowest BCUT2D eigenvalue weighted by molar-refractivity contribution is 0.594. The minimum atomic E-state index is -1.43. The zero-order valence-electron chi connectivity index (χ0n) is 8.63. The van der Waals surface area contributed by atoms with Gasteiger partial charge in [-0.2, -0.15) is 5.10 Å². The van der Waals surface area contributed by atoms with Gasteiger partial charge in [0.15, 0.2) is 0 Å². The number of hydrogen-bond acceptors (Lipinski definition) is 3. The largest absolute Gasteiger partial charge is 0.254 e. The van der Waals surface area contributed by atoms with Crippen LogP contribution in [0.25, 0.3) is 0 Å². The Kier molecular flexibility index (Phi) is 3.09. The standard InChI is InChI=1S/C10H10FN3OS/c1-14-10(12-7-13-14)6-16(15)9-5-3-2-4-8(9)11/h2-5,7H,6H2,1H3. The first-order valence-electron chi connectivity index (χ1n) is 4.64. The summed E-state index contributed by atoms with van der Waals surface area (Å²) in [6.07, 6.45) is 1.38. The summed E-state index contributed by atoms with van der Waals surface area (Å²) in [7, 11) is 0.276. The molecule has 0 aliphatic heterocycles. The second kappa shape index (κ2) is 4.52. The average Bonchev–Trinajstić information content (AvgIpc) is 2.65. The van der Waals surface area contributed by atoms with Gasteiger partial charge in [-0.05, 0) is 12.1 Å². The maximum absolute atomic E-state index is 13.3. The predicted octanol–water partition coefficient (Wildman–Crippen LogP) is 1.26.